The zero-order valence-electron chi connectivity index (χ0n) is 8.70. The second-order valence-corrected chi connectivity index (χ2v) is 5.21. The Morgan fingerprint density at radius 1 is 1.40 bits per heavy atom. The first-order valence-corrected chi connectivity index (χ1v) is 6.17. The first-order chi connectivity index (χ1) is 7.25. The fourth-order valence-corrected chi connectivity index (χ4v) is 2.71. The second kappa shape index (κ2) is 3.34. The topological polar surface area (TPSA) is 17.8 Å². The Hall–Kier alpha value is -0.830. The van der Waals surface area contributed by atoms with Gasteiger partial charge in [-0.05, 0) is 31.0 Å². The predicted molar refractivity (Wildman–Crippen MR) is 65.0 cm³/mol. The van der Waals surface area contributed by atoms with E-state index in [9.17, 15) is 0 Å². The van der Waals surface area contributed by atoms with E-state index in [4.69, 9.17) is 0 Å². The van der Waals surface area contributed by atoms with E-state index >= 15 is 0 Å². The second-order valence-electron chi connectivity index (χ2n) is 4.30. The molecule has 3 rings (SSSR count). The van der Waals surface area contributed by atoms with Crippen molar-refractivity contribution in [3.63, 3.8) is 0 Å². The van der Waals surface area contributed by atoms with E-state index in [0.717, 1.165) is 15.9 Å². The number of benzene rings is 1. The Kier molecular flexibility index (Phi) is 2.09. The van der Waals surface area contributed by atoms with Crippen LogP contribution in [0, 0.1) is 0 Å². The Bertz CT molecular complexity index is 512. The molecule has 2 aromatic rings. The molecule has 0 N–H and O–H groups in total. The first-order valence-electron chi connectivity index (χ1n) is 5.38. The minimum Gasteiger partial charge on any atom is -0.271 e. The number of hydrogen-bond acceptors (Lipinski definition) is 1. The van der Waals surface area contributed by atoms with Gasteiger partial charge in [0.15, 0.2) is 0 Å². The summed E-state index contributed by atoms with van der Waals surface area (Å²) in [5, 5.41) is 5.89. The third kappa shape index (κ3) is 1.41. The Balaban J connectivity index is 2.23. The van der Waals surface area contributed by atoms with E-state index in [1.807, 2.05) is 0 Å². The van der Waals surface area contributed by atoms with Gasteiger partial charge in [-0.3, -0.25) is 4.68 Å². The maximum atomic E-state index is 4.56. The Morgan fingerprint density at radius 3 is 2.87 bits per heavy atom. The lowest BCUT2D eigenvalue weighted by atomic mass is 9.82. The van der Waals surface area contributed by atoms with Crippen molar-refractivity contribution >= 4 is 26.8 Å². The maximum Gasteiger partial charge on any atom is 0.0937 e. The van der Waals surface area contributed by atoms with E-state index in [0.29, 0.717) is 0 Å². The zero-order chi connectivity index (χ0) is 10.4. The molecule has 1 aliphatic rings. The molecule has 0 unspecified atom stereocenters. The molecule has 0 saturated heterocycles. The van der Waals surface area contributed by atoms with Crippen LogP contribution in [0.25, 0.3) is 10.9 Å². The van der Waals surface area contributed by atoms with E-state index in [2.05, 4.69) is 51.0 Å². The van der Waals surface area contributed by atoms with Crippen LogP contribution in [0.1, 0.15) is 30.9 Å². The normalized spacial score (nSPS) is 16.9. The van der Waals surface area contributed by atoms with Crippen molar-refractivity contribution in [3.05, 3.63) is 28.4 Å². The molecule has 0 aliphatic heterocycles. The summed E-state index contributed by atoms with van der Waals surface area (Å²) in [6.07, 6.45) is 4.02. The fourth-order valence-electron chi connectivity index (χ4n) is 2.36. The molecule has 0 radical (unpaired) electrons. The molecule has 1 aromatic carbocycles. The number of rotatable bonds is 1. The van der Waals surface area contributed by atoms with Gasteiger partial charge in [-0.1, -0.05) is 22.4 Å². The molecule has 0 amide bonds. The van der Waals surface area contributed by atoms with E-state index in [1.165, 1.54) is 30.3 Å². The van der Waals surface area contributed by atoms with Crippen LogP contribution < -0.4 is 0 Å². The lowest BCUT2D eigenvalue weighted by Crippen LogP contribution is -2.13. The quantitative estimate of drug-likeness (QED) is 0.770. The average molecular weight is 265 g/mol. The van der Waals surface area contributed by atoms with Crippen molar-refractivity contribution in [2.75, 3.05) is 0 Å². The summed E-state index contributed by atoms with van der Waals surface area (Å²) >= 11 is 3.49. The van der Waals surface area contributed by atoms with Gasteiger partial charge in [0.25, 0.3) is 0 Å². The molecule has 0 bridgehead atoms. The zero-order valence-corrected chi connectivity index (χ0v) is 10.3. The lowest BCUT2D eigenvalue weighted by Gasteiger charge is -2.25. The summed E-state index contributed by atoms with van der Waals surface area (Å²) in [5.74, 6) is 0.737. The van der Waals surface area contributed by atoms with Gasteiger partial charge in [-0.25, -0.2) is 0 Å². The maximum absolute atomic E-state index is 4.56. The molecule has 1 aromatic heterocycles. The Labute approximate surface area is 97.4 Å². The predicted octanol–water partition coefficient (Wildman–Crippen LogP) is 3.60. The number of fused-ring (bicyclic) bond motifs is 1. The van der Waals surface area contributed by atoms with Gasteiger partial charge >= 0.3 is 0 Å². The molecule has 1 aliphatic carbocycles. The summed E-state index contributed by atoms with van der Waals surface area (Å²) in [7, 11) is 2.06. The smallest absolute Gasteiger partial charge is 0.0937 e. The van der Waals surface area contributed by atoms with Crippen LogP contribution in [0.2, 0.25) is 0 Å². The van der Waals surface area contributed by atoms with Crippen molar-refractivity contribution in [1.82, 2.24) is 9.78 Å². The van der Waals surface area contributed by atoms with Crippen LogP contribution >= 0.6 is 15.9 Å². The molecule has 1 fully saturated rings. The molecule has 0 spiro atoms. The highest BCUT2D eigenvalue weighted by atomic mass is 79.9. The van der Waals surface area contributed by atoms with Crippen LogP contribution in [0.4, 0.5) is 0 Å². The van der Waals surface area contributed by atoms with Crippen molar-refractivity contribution in [1.29, 1.82) is 0 Å². The van der Waals surface area contributed by atoms with Crippen molar-refractivity contribution in [2.24, 2.45) is 7.05 Å². The van der Waals surface area contributed by atoms with Crippen molar-refractivity contribution in [2.45, 2.75) is 25.2 Å². The number of nitrogens with zero attached hydrogens (tertiary/aromatic N) is 2. The van der Waals surface area contributed by atoms with Gasteiger partial charge in [0.2, 0.25) is 0 Å². The SMILES string of the molecule is Cn1nc2cc(Br)ccc2c1C1CCC1. The van der Waals surface area contributed by atoms with Crippen molar-refractivity contribution < 1.29 is 0 Å². The standard InChI is InChI=1S/C12H13BrN2/c1-15-12(8-3-2-4-8)10-6-5-9(13)7-11(10)14-15/h5-8H,2-4H2,1H3. The van der Waals surface area contributed by atoms with Gasteiger partial charge in [-0.2, -0.15) is 5.10 Å². The summed E-state index contributed by atoms with van der Waals surface area (Å²) in [4.78, 5) is 0. The monoisotopic (exact) mass is 264 g/mol. The van der Waals surface area contributed by atoms with Crippen LogP contribution in [0.3, 0.4) is 0 Å². The largest absolute Gasteiger partial charge is 0.271 e. The molecule has 1 heterocycles. The molecule has 1 saturated carbocycles. The van der Waals surface area contributed by atoms with Gasteiger partial charge in [0.05, 0.1) is 5.52 Å². The fraction of sp³-hybridized carbons (Fsp3) is 0.417. The third-order valence-electron chi connectivity index (χ3n) is 3.33. The van der Waals surface area contributed by atoms with E-state index in [-0.39, 0.29) is 0 Å². The van der Waals surface area contributed by atoms with Crippen LogP contribution in [-0.4, -0.2) is 9.78 Å². The summed E-state index contributed by atoms with van der Waals surface area (Å²) in [5.41, 5.74) is 2.53. The first kappa shape index (κ1) is 9.40. The molecule has 0 atom stereocenters. The van der Waals surface area contributed by atoms with Gasteiger partial charge in [0, 0.05) is 28.5 Å². The van der Waals surface area contributed by atoms with Crippen LogP contribution in [-0.2, 0) is 7.05 Å². The highest BCUT2D eigenvalue weighted by molar-refractivity contribution is 9.10. The summed E-state index contributed by atoms with van der Waals surface area (Å²) in [6.45, 7) is 0. The van der Waals surface area contributed by atoms with Gasteiger partial charge < -0.3 is 0 Å². The van der Waals surface area contributed by atoms with Crippen molar-refractivity contribution in [3.8, 4) is 0 Å². The highest BCUT2D eigenvalue weighted by Gasteiger charge is 2.24. The van der Waals surface area contributed by atoms with Crippen LogP contribution in [0.5, 0.6) is 0 Å². The van der Waals surface area contributed by atoms with E-state index < -0.39 is 0 Å². The minimum absolute atomic E-state index is 0.737. The summed E-state index contributed by atoms with van der Waals surface area (Å²) in [6, 6.07) is 6.38. The number of aromatic nitrogens is 2. The molecule has 15 heavy (non-hydrogen) atoms. The summed E-state index contributed by atoms with van der Waals surface area (Å²) < 4.78 is 3.16. The molecular weight excluding hydrogens is 252 g/mol. The van der Waals surface area contributed by atoms with Gasteiger partial charge in [-0.15, -0.1) is 0 Å². The molecule has 78 valence electrons. The van der Waals surface area contributed by atoms with Gasteiger partial charge in [0.1, 0.15) is 0 Å². The third-order valence-corrected chi connectivity index (χ3v) is 3.83. The highest BCUT2D eigenvalue weighted by Crippen LogP contribution is 2.39. The van der Waals surface area contributed by atoms with Crippen LogP contribution in [0.15, 0.2) is 22.7 Å². The molecule has 3 heteroatoms. The number of halogens is 1. The minimum atomic E-state index is 0.737. The Morgan fingerprint density at radius 2 is 2.20 bits per heavy atom. The number of aryl methyl sites for hydroxylation is 1. The molecular formula is C12H13BrN2. The number of hydrogen-bond donors (Lipinski definition) is 0. The lowest BCUT2D eigenvalue weighted by molar-refractivity contribution is 0.399. The average Bonchev–Trinajstić information content (AvgIpc) is 2.40. The molecule has 2 nitrogen and oxygen atoms in total. The van der Waals surface area contributed by atoms with E-state index in [1.54, 1.807) is 0 Å².